The lowest BCUT2D eigenvalue weighted by atomic mass is 10.1. The van der Waals surface area contributed by atoms with Crippen molar-refractivity contribution in [2.45, 2.75) is 4.90 Å². The van der Waals surface area contributed by atoms with E-state index in [1.54, 1.807) is 18.2 Å². The summed E-state index contributed by atoms with van der Waals surface area (Å²) in [5.41, 5.74) is 5.01. The zero-order valence-corrected chi connectivity index (χ0v) is 10.2. The second-order valence-electron chi connectivity index (χ2n) is 3.62. The average molecular weight is 265 g/mol. The predicted molar refractivity (Wildman–Crippen MR) is 66.3 cm³/mol. The second-order valence-corrected chi connectivity index (χ2v) is 5.17. The van der Waals surface area contributed by atoms with Crippen LogP contribution in [0.25, 0.3) is 10.8 Å². The molecule has 18 heavy (non-hydrogen) atoms. The van der Waals surface area contributed by atoms with Crippen LogP contribution in [-0.4, -0.2) is 20.9 Å². The highest BCUT2D eigenvalue weighted by Gasteiger charge is 2.19. The van der Waals surface area contributed by atoms with Crippen molar-refractivity contribution in [2.24, 2.45) is 5.73 Å². The summed E-state index contributed by atoms with van der Waals surface area (Å²) in [4.78, 5) is 10.9. The Morgan fingerprint density at radius 3 is 2.44 bits per heavy atom. The first kappa shape index (κ1) is 12.5. The maximum atomic E-state index is 11.7. The van der Waals surface area contributed by atoms with E-state index < -0.39 is 22.6 Å². The zero-order valence-electron chi connectivity index (χ0n) is 9.37. The quantitative estimate of drug-likeness (QED) is 0.838. The van der Waals surface area contributed by atoms with Crippen LogP contribution >= 0.6 is 0 Å². The van der Waals surface area contributed by atoms with Gasteiger partial charge in [0.25, 0.3) is 0 Å². The molecule has 0 atom stereocenters. The van der Waals surface area contributed by atoms with Gasteiger partial charge in [-0.2, -0.15) is 8.42 Å². The number of fused-ring (bicyclic) bond motifs is 1. The summed E-state index contributed by atoms with van der Waals surface area (Å²) in [5, 5.41) is 1.66. The summed E-state index contributed by atoms with van der Waals surface area (Å²) < 4.78 is 27.8. The minimum Gasteiger partial charge on any atom is -0.341 e. The van der Waals surface area contributed by atoms with Gasteiger partial charge in [0.05, 0.1) is 6.54 Å². The fraction of sp³-hybridized carbons (Fsp3) is 0.0833. The largest absolute Gasteiger partial charge is 0.341 e. The van der Waals surface area contributed by atoms with Gasteiger partial charge in [0.1, 0.15) is 4.90 Å². The standard InChI is InChI=1S/C12H11NO4S/c13-8-12(14)17-18(15,16)11-6-5-9-3-1-2-4-10(9)7-11/h1-7H,8,13H2. The first-order valence-corrected chi connectivity index (χ1v) is 6.60. The maximum Gasteiger partial charge on any atom is 0.341 e. The van der Waals surface area contributed by atoms with E-state index in [1.165, 1.54) is 12.1 Å². The molecule has 2 N–H and O–H groups in total. The summed E-state index contributed by atoms with van der Waals surface area (Å²) in [5.74, 6) is -0.983. The molecule has 0 saturated carbocycles. The van der Waals surface area contributed by atoms with Gasteiger partial charge >= 0.3 is 16.1 Å². The molecular weight excluding hydrogens is 254 g/mol. The van der Waals surface area contributed by atoms with Crippen LogP contribution in [0.5, 0.6) is 0 Å². The Kier molecular flexibility index (Phi) is 3.31. The smallest absolute Gasteiger partial charge is 0.341 e. The molecule has 2 aromatic carbocycles. The van der Waals surface area contributed by atoms with Gasteiger partial charge in [-0.05, 0) is 22.9 Å². The number of nitrogens with two attached hydrogens (primary N) is 1. The van der Waals surface area contributed by atoms with Gasteiger partial charge in [0.15, 0.2) is 0 Å². The fourth-order valence-corrected chi connectivity index (χ4v) is 2.44. The van der Waals surface area contributed by atoms with E-state index in [0.717, 1.165) is 10.8 Å². The van der Waals surface area contributed by atoms with Gasteiger partial charge in [-0.15, -0.1) is 0 Å². The van der Waals surface area contributed by atoms with E-state index in [2.05, 4.69) is 4.18 Å². The molecule has 0 aliphatic carbocycles. The van der Waals surface area contributed by atoms with Crippen molar-refractivity contribution >= 4 is 26.9 Å². The van der Waals surface area contributed by atoms with Gasteiger partial charge in [-0.3, -0.25) is 0 Å². The summed E-state index contributed by atoms with van der Waals surface area (Å²) in [7, 11) is -4.09. The molecule has 0 aliphatic rings. The van der Waals surface area contributed by atoms with Gasteiger partial charge in [0.2, 0.25) is 0 Å². The van der Waals surface area contributed by atoms with Crippen LogP contribution < -0.4 is 5.73 Å². The highest BCUT2D eigenvalue weighted by Crippen LogP contribution is 2.20. The molecule has 0 spiro atoms. The van der Waals surface area contributed by atoms with Gasteiger partial charge in [-0.25, -0.2) is 4.79 Å². The number of rotatable bonds is 3. The van der Waals surface area contributed by atoms with Crippen LogP contribution in [-0.2, 0) is 19.1 Å². The van der Waals surface area contributed by atoms with Gasteiger partial charge in [-0.1, -0.05) is 30.3 Å². The zero-order chi connectivity index (χ0) is 13.2. The van der Waals surface area contributed by atoms with Crippen molar-refractivity contribution in [1.29, 1.82) is 0 Å². The van der Waals surface area contributed by atoms with Crippen LogP contribution in [0.3, 0.4) is 0 Å². The van der Waals surface area contributed by atoms with E-state index >= 15 is 0 Å². The minimum absolute atomic E-state index is 0.0667. The molecule has 6 heteroatoms. The van der Waals surface area contributed by atoms with Crippen molar-refractivity contribution in [3.8, 4) is 0 Å². The molecule has 0 bridgehead atoms. The Bertz CT molecular complexity index is 694. The normalized spacial score (nSPS) is 11.4. The van der Waals surface area contributed by atoms with Crippen molar-refractivity contribution in [3.63, 3.8) is 0 Å². The third kappa shape index (κ3) is 2.49. The van der Waals surface area contributed by atoms with Crippen LogP contribution in [0.4, 0.5) is 0 Å². The number of benzene rings is 2. The number of carbonyl (C=O) groups is 1. The van der Waals surface area contributed by atoms with Crippen LogP contribution in [0.1, 0.15) is 0 Å². The van der Waals surface area contributed by atoms with E-state index in [-0.39, 0.29) is 4.90 Å². The van der Waals surface area contributed by atoms with Crippen molar-refractivity contribution in [1.82, 2.24) is 0 Å². The van der Waals surface area contributed by atoms with Gasteiger partial charge in [0, 0.05) is 0 Å². The molecule has 0 fully saturated rings. The average Bonchev–Trinajstić information content (AvgIpc) is 2.37. The summed E-state index contributed by atoms with van der Waals surface area (Å²) in [6.07, 6.45) is 0. The third-order valence-electron chi connectivity index (χ3n) is 2.38. The summed E-state index contributed by atoms with van der Waals surface area (Å²) >= 11 is 0. The Labute approximate surface area is 104 Å². The fourth-order valence-electron chi connectivity index (χ4n) is 1.53. The van der Waals surface area contributed by atoms with Crippen molar-refractivity contribution < 1.29 is 17.4 Å². The first-order valence-electron chi connectivity index (χ1n) is 5.19. The molecule has 2 aromatic rings. The van der Waals surface area contributed by atoms with E-state index in [4.69, 9.17) is 5.73 Å². The topological polar surface area (TPSA) is 86.5 Å². The Balaban J connectivity index is 2.45. The molecule has 0 unspecified atom stereocenters. The molecule has 0 saturated heterocycles. The van der Waals surface area contributed by atoms with Crippen LogP contribution in [0.15, 0.2) is 47.4 Å². The lowest BCUT2D eigenvalue weighted by molar-refractivity contribution is -0.132. The van der Waals surface area contributed by atoms with Crippen molar-refractivity contribution in [2.75, 3.05) is 6.54 Å². The molecule has 0 heterocycles. The van der Waals surface area contributed by atoms with Crippen LogP contribution in [0.2, 0.25) is 0 Å². The third-order valence-corrected chi connectivity index (χ3v) is 3.62. The first-order chi connectivity index (χ1) is 8.53. The van der Waals surface area contributed by atoms with E-state index in [9.17, 15) is 13.2 Å². The van der Waals surface area contributed by atoms with Crippen molar-refractivity contribution in [3.05, 3.63) is 42.5 Å². The number of hydrogen-bond donors (Lipinski definition) is 1. The molecule has 0 amide bonds. The Morgan fingerprint density at radius 2 is 1.78 bits per heavy atom. The molecule has 0 radical (unpaired) electrons. The maximum absolute atomic E-state index is 11.7. The molecular formula is C12H11NO4S. The monoisotopic (exact) mass is 265 g/mol. The molecule has 2 rings (SSSR count). The molecule has 0 aromatic heterocycles. The lowest BCUT2D eigenvalue weighted by Gasteiger charge is -2.05. The highest BCUT2D eigenvalue weighted by atomic mass is 32.2. The SMILES string of the molecule is NCC(=O)OS(=O)(=O)c1ccc2ccccc2c1. The second kappa shape index (κ2) is 4.75. The Hall–Kier alpha value is -1.92. The Morgan fingerprint density at radius 1 is 1.11 bits per heavy atom. The number of carbonyl (C=O) groups excluding carboxylic acids is 1. The van der Waals surface area contributed by atoms with Gasteiger partial charge < -0.3 is 9.92 Å². The van der Waals surface area contributed by atoms with E-state index in [1.807, 2.05) is 12.1 Å². The molecule has 0 aliphatic heterocycles. The number of hydrogen-bond acceptors (Lipinski definition) is 5. The highest BCUT2D eigenvalue weighted by molar-refractivity contribution is 7.87. The summed E-state index contributed by atoms with van der Waals surface area (Å²) in [6.45, 7) is -0.479. The van der Waals surface area contributed by atoms with E-state index in [0.29, 0.717) is 0 Å². The molecule has 5 nitrogen and oxygen atoms in total. The van der Waals surface area contributed by atoms with Crippen LogP contribution in [0, 0.1) is 0 Å². The minimum atomic E-state index is -4.09. The summed E-state index contributed by atoms with van der Waals surface area (Å²) in [6, 6.07) is 11.8. The predicted octanol–water partition coefficient (Wildman–Crippen LogP) is 1.03. The molecule has 94 valence electrons. The lowest BCUT2D eigenvalue weighted by Crippen LogP contribution is -2.20.